The average molecular weight is 234 g/mol. The van der Waals surface area contributed by atoms with Crippen molar-refractivity contribution < 1.29 is 10.0 Å². The molecule has 92 valence electrons. The lowest BCUT2D eigenvalue weighted by Gasteiger charge is -2.06. The number of benzene rings is 1. The molecule has 17 heavy (non-hydrogen) atoms. The van der Waals surface area contributed by atoms with Crippen molar-refractivity contribution in [1.29, 1.82) is 0 Å². The van der Waals surface area contributed by atoms with Gasteiger partial charge in [-0.05, 0) is 25.5 Å². The smallest absolute Gasteiger partial charge is 0.224 e. The molecule has 0 atom stereocenters. The molecule has 0 saturated carbocycles. The van der Waals surface area contributed by atoms with Crippen molar-refractivity contribution in [2.75, 3.05) is 5.32 Å². The van der Waals surface area contributed by atoms with Gasteiger partial charge in [0.25, 0.3) is 0 Å². The summed E-state index contributed by atoms with van der Waals surface area (Å²) >= 11 is 0. The van der Waals surface area contributed by atoms with Gasteiger partial charge in [0.1, 0.15) is 0 Å². The highest BCUT2D eigenvalue weighted by Gasteiger charge is 2.03. The fraction of sp³-hybridized carbons (Fsp3) is 0.385. The first-order valence-electron chi connectivity index (χ1n) is 5.76. The molecular weight excluding hydrogens is 216 g/mol. The number of hydrogen-bond acceptors (Lipinski definition) is 3. The number of carbonyl (C=O) groups excluding carboxylic acids is 1. The van der Waals surface area contributed by atoms with E-state index in [4.69, 9.17) is 5.21 Å². The monoisotopic (exact) mass is 234 g/mol. The maximum absolute atomic E-state index is 11.5. The minimum atomic E-state index is 0.0163. The first-order chi connectivity index (χ1) is 8.17. The van der Waals surface area contributed by atoms with Gasteiger partial charge in [-0.25, -0.2) is 0 Å². The number of nitrogens with one attached hydrogen (secondary N) is 1. The molecular formula is C13H18N2O2. The highest BCUT2D eigenvalue weighted by atomic mass is 16.4. The molecule has 0 spiro atoms. The minimum absolute atomic E-state index is 0.0163. The summed E-state index contributed by atoms with van der Waals surface area (Å²) in [5, 5.41) is 14.6. The van der Waals surface area contributed by atoms with Crippen LogP contribution in [-0.2, 0) is 4.79 Å². The fourth-order valence-corrected chi connectivity index (χ4v) is 1.44. The highest BCUT2D eigenvalue weighted by molar-refractivity contribution is 6.00. The summed E-state index contributed by atoms with van der Waals surface area (Å²) in [5.74, 6) is 0.0163. The number of amides is 1. The summed E-state index contributed by atoms with van der Waals surface area (Å²) in [5.41, 5.74) is 2.04. The molecule has 0 heterocycles. The van der Waals surface area contributed by atoms with E-state index in [1.807, 2.05) is 18.2 Å². The molecule has 0 unspecified atom stereocenters. The molecule has 0 aliphatic carbocycles. The van der Waals surface area contributed by atoms with Crippen LogP contribution in [0.1, 0.15) is 38.7 Å². The molecule has 4 heteroatoms. The molecule has 1 aromatic carbocycles. The lowest BCUT2D eigenvalue weighted by Crippen LogP contribution is -2.11. The Morgan fingerprint density at radius 3 is 2.88 bits per heavy atom. The Bertz CT molecular complexity index is 414. The van der Waals surface area contributed by atoms with Crippen LogP contribution in [0.3, 0.4) is 0 Å². The number of unbranched alkanes of at least 4 members (excludes halogenated alkanes) is 1. The molecule has 0 aliphatic rings. The Morgan fingerprint density at radius 2 is 2.24 bits per heavy atom. The van der Waals surface area contributed by atoms with Crippen LogP contribution in [-0.4, -0.2) is 16.8 Å². The van der Waals surface area contributed by atoms with Crippen LogP contribution < -0.4 is 5.32 Å². The number of oxime groups is 1. The van der Waals surface area contributed by atoms with Gasteiger partial charge in [-0.15, -0.1) is 0 Å². The summed E-state index contributed by atoms with van der Waals surface area (Å²) in [6.07, 6.45) is 2.43. The fourth-order valence-electron chi connectivity index (χ4n) is 1.44. The number of rotatable bonds is 5. The second-order valence-corrected chi connectivity index (χ2v) is 3.92. The lowest BCUT2D eigenvalue weighted by molar-refractivity contribution is -0.116. The van der Waals surface area contributed by atoms with Crippen molar-refractivity contribution in [3.8, 4) is 0 Å². The molecule has 0 saturated heterocycles. The van der Waals surface area contributed by atoms with Gasteiger partial charge in [-0.2, -0.15) is 0 Å². The third-order valence-corrected chi connectivity index (χ3v) is 2.47. The number of nitrogens with zero attached hydrogens (tertiary/aromatic N) is 1. The lowest BCUT2D eigenvalue weighted by atomic mass is 10.1. The number of hydrogen-bond donors (Lipinski definition) is 2. The second-order valence-electron chi connectivity index (χ2n) is 3.92. The zero-order valence-electron chi connectivity index (χ0n) is 10.2. The highest BCUT2D eigenvalue weighted by Crippen LogP contribution is 2.12. The van der Waals surface area contributed by atoms with Crippen molar-refractivity contribution in [3.63, 3.8) is 0 Å². The quantitative estimate of drug-likeness (QED) is 0.467. The van der Waals surface area contributed by atoms with Crippen LogP contribution in [0, 0.1) is 0 Å². The second kappa shape index (κ2) is 6.68. The molecule has 2 N–H and O–H groups in total. The van der Waals surface area contributed by atoms with Crippen LogP contribution in [0.25, 0.3) is 0 Å². The van der Waals surface area contributed by atoms with Crippen LogP contribution in [0.5, 0.6) is 0 Å². The van der Waals surface area contributed by atoms with Crippen LogP contribution >= 0.6 is 0 Å². The minimum Gasteiger partial charge on any atom is -0.411 e. The molecule has 4 nitrogen and oxygen atoms in total. The van der Waals surface area contributed by atoms with E-state index in [1.165, 1.54) is 0 Å². The van der Waals surface area contributed by atoms with Crippen molar-refractivity contribution in [1.82, 2.24) is 0 Å². The largest absolute Gasteiger partial charge is 0.411 e. The van der Waals surface area contributed by atoms with Crippen molar-refractivity contribution in [2.45, 2.75) is 33.1 Å². The van der Waals surface area contributed by atoms with Gasteiger partial charge in [0, 0.05) is 17.7 Å². The van der Waals surface area contributed by atoms with Gasteiger partial charge >= 0.3 is 0 Å². The summed E-state index contributed by atoms with van der Waals surface area (Å²) in [4.78, 5) is 11.5. The Kier molecular flexibility index (Phi) is 5.20. The van der Waals surface area contributed by atoms with E-state index in [9.17, 15) is 4.79 Å². The zero-order chi connectivity index (χ0) is 12.7. The molecule has 1 amide bonds. The van der Waals surface area contributed by atoms with Gasteiger partial charge in [-0.3, -0.25) is 4.79 Å². The van der Waals surface area contributed by atoms with E-state index in [0.717, 1.165) is 24.1 Å². The molecule has 0 aliphatic heterocycles. The molecule has 1 aromatic rings. The van der Waals surface area contributed by atoms with Gasteiger partial charge in [-0.1, -0.05) is 30.6 Å². The number of carbonyl (C=O) groups is 1. The Hall–Kier alpha value is -1.84. The predicted octanol–water partition coefficient (Wildman–Crippen LogP) is 3.01. The maximum Gasteiger partial charge on any atom is 0.224 e. The van der Waals surface area contributed by atoms with Crippen LogP contribution in [0.4, 0.5) is 5.69 Å². The van der Waals surface area contributed by atoms with Crippen LogP contribution in [0.2, 0.25) is 0 Å². The van der Waals surface area contributed by atoms with Crippen molar-refractivity contribution >= 4 is 17.3 Å². The van der Waals surface area contributed by atoms with E-state index < -0.39 is 0 Å². The predicted molar refractivity (Wildman–Crippen MR) is 68.6 cm³/mol. The van der Waals surface area contributed by atoms with E-state index >= 15 is 0 Å². The van der Waals surface area contributed by atoms with E-state index in [2.05, 4.69) is 17.4 Å². The Balaban J connectivity index is 2.69. The Morgan fingerprint density at radius 1 is 1.47 bits per heavy atom. The third kappa shape index (κ3) is 4.26. The number of anilines is 1. The molecule has 0 bridgehead atoms. The SMILES string of the molecule is CCCCC(=O)Nc1cccc(/C(C)=N/O)c1. The standard InChI is InChI=1S/C13H18N2O2/c1-3-4-8-13(16)14-12-7-5-6-11(9-12)10(2)15-17/h5-7,9,17H,3-4,8H2,1-2H3,(H,14,16)/b15-10+. The zero-order valence-corrected chi connectivity index (χ0v) is 10.2. The molecule has 0 radical (unpaired) electrons. The topological polar surface area (TPSA) is 61.7 Å². The van der Waals surface area contributed by atoms with Gasteiger partial charge < -0.3 is 10.5 Å². The maximum atomic E-state index is 11.5. The normalized spacial score (nSPS) is 11.3. The van der Waals surface area contributed by atoms with Crippen molar-refractivity contribution in [3.05, 3.63) is 29.8 Å². The first kappa shape index (κ1) is 13.2. The summed E-state index contributed by atoms with van der Waals surface area (Å²) in [7, 11) is 0. The first-order valence-corrected chi connectivity index (χ1v) is 5.76. The van der Waals surface area contributed by atoms with E-state index in [0.29, 0.717) is 12.1 Å². The molecule has 0 fully saturated rings. The van der Waals surface area contributed by atoms with Gasteiger partial charge in [0.2, 0.25) is 5.91 Å². The van der Waals surface area contributed by atoms with Gasteiger partial charge in [0.05, 0.1) is 5.71 Å². The van der Waals surface area contributed by atoms with E-state index in [-0.39, 0.29) is 5.91 Å². The molecule has 0 aromatic heterocycles. The van der Waals surface area contributed by atoms with E-state index in [1.54, 1.807) is 13.0 Å². The third-order valence-electron chi connectivity index (χ3n) is 2.47. The van der Waals surface area contributed by atoms with Crippen molar-refractivity contribution in [2.24, 2.45) is 5.16 Å². The van der Waals surface area contributed by atoms with Gasteiger partial charge in [0.15, 0.2) is 0 Å². The average Bonchev–Trinajstić information content (AvgIpc) is 2.35. The Labute approximate surface area is 101 Å². The molecule has 1 rings (SSSR count). The summed E-state index contributed by atoms with van der Waals surface area (Å²) < 4.78 is 0. The summed E-state index contributed by atoms with van der Waals surface area (Å²) in [6, 6.07) is 7.26. The van der Waals surface area contributed by atoms with Crippen LogP contribution in [0.15, 0.2) is 29.4 Å². The summed E-state index contributed by atoms with van der Waals surface area (Å²) in [6.45, 7) is 3.76.